The highest BCUT2D eigenvalue weighted by atomic mass is 35.5. The van der Waals surface area contributed by atoms with Gasteiger partial charge in [0, 0.05) is 23.2 Å². The van der Waals surface area contributed by atoms with Crippen LogP contribution in [0.3, 0.4) is 0 Å². The summed E-state index contributed by atoms with van der Waals surface area (Å²) in [4.78, 5) is 10.5. The van der Waals surface area contributed by atoms with Crippen LogP contribution in [0.25, 0.3) is 0 Å². The molecular weight excluding hydrogens is 280 g/mol. The number of benzene rings is 2. The molecule has 0 unspecified atom stereocenters. The Morgan fingerprint density at radius 2 is 2.05 bits per heavy atom. The Morgan fingerprint density at radius 3 is 2.75 bits per heavy atom. The van der Waals surface area contributed by atoms with Crippen LogP contribution < -0.4 is 10.1 Å². The first kappa shape index (κ1) is 14.1. The number of nitrogens with one attached hydrogen (secondary N) is 1. The van der Waals surface area contributed by atoms with Crippen LogP contribution in [0.4, 0.5) is 11.4 Å². The topological polar surface area (TPSA) is 64.4 Å². The third kappa shape index (κ3) is 3.19. The van der Waals surface area contributed by atoms with Crippen molar-refractivity contribution in [1.82, 2.24) is 0 Å². The van der Waals surface area contributed by atoms with Crippen molar-refractivity contribution in [3.8, 4) is 5.75 Å². The van der Waals surface area contributed by atoms with Crippen molar-refractivity contribution in [2.75, 3.05) is 12.4 Å². The fourth-order valence-electron chi connectivity index (χ4n) is 1.85. The molecular formula is C14H13ClN2O3. The van der Waals surface area contributed by atoms with E-state index in [1.165, 1.54) is 6.07 Å². The largest absolute Gasteiger partial charge is 0.495 e. The Balaban J connectivity index is 2.21. The molecule has 2 aromatic carbocycles. The van der Waals surface area contributed by atoms with Crippen molar-refractivity contribution >= 4 is 23.0 Å². The molecule has 0 spiro atoms. The van der Waals surface area contributed by atoms with Gasteiger partial charge >= 0.3 is 0 Å². The SMILES string of the molecule is COc1ccc(Cl)cc1NCc1ccccc1[N+](=O)[O-]. The molecule has 20 heavy (non-hydrogen) atoms. The maximum Gasteiger partial charge on any atom is 0.274 e. The number of rotatable bonds is 5. The highest BCUT2D eigenvalue weighted by molar-refractivity contribution is 6.30. The first-order valence-corrected chi connectivity index (χ1v) is 6.29. The third-order valence-electron chi connectivity index (χ3n) is 2.82. The number of hydrogen-bond donors (Lipinski definition) is 1. The molecule has 1 N–H and O–H groups in total. The van der Waals surface area contributed by atoms with E-state index < -0.39 is 4.92 Å². The second kappa shape index (κ2) is 6.25. The van der Waals surface area contributed by atoms with E-state index in [-0.39, 0.29) is 5.69 Å². The lowest BCUT2D eigenvalue weighted by Gasteiger charge is -2.11. The standard InChI is InChI=1S/C14H13ClN2O3/c1-20-14-7-6-11(15)8-12(14)16-9-10-4-2-3-5-13(10)17(18)19/h2-8,16H,9H2,1H3. The molecule has 104 valence electrons. The molecule has 0 aliphatic carbocycles. The van der Waals surface area contributed by atoms with Gasteiger partial charge in [-0.1, -0.05) is 29.8 Å². The van der Waals surface area contributed by atoms with Crippen molar-refractivity contribution in [2.45, 2.75) is 6.54 Å². The van der Waals surface area contributed by atoms with Gasteiger partial charge in [-0.15, -0.1) is 0 Å². The lowest BCUT2D eigenvalue weighted by Crippen LogP contribution is -2.04. The summed E-state index contributed by atoms with van der Waals surface area (Å²) in [6, 6.07) is 11.8. The second-order valence-electron chi connectivity index (χ2n) is 4.08. The number of nitrogens with zero attached hydrogens (tertiary/aromatic N) is 1. The summed E-state index contributed by atoms with van der Waals surface area (Å²) in [5, 5.41) is 14.6. The number of anilines is 1. The molecule has 0 amide bonds. The van der Waals surface area contributed by atoms with Gasteiger partial charge in [0.1, 0.15) is 5.75 Å². The van der Waals surface area contributed by atoms with Gasteiger partial charge in [0.2, 0.25) is 0 Å². The Hall–Kier alpha value is -2.27. The molecule has 0 aromatic heterocycles. The van der Waals surface area contributed by atoms with Gasteiger partial charge in [-0.05, 0) is 18.2 Å². The van der Waals surface area contributed by atoms with Crippen LogP contribution in [0, 0.1) is 10.1 Å². The molecule has 0 saturated carbocycles. The second-order valence-corrected chi connectivity index (χ2v) is 4.52. The highest BCUT2D eigenvalue weighted by Crippen LogP contribution is 2.29. The van der Waals surface area contributed by atoms with Crippen LogP contribution >= 0.6 is 11.6 Å². The van der Waals surface area contributed by atoms with Crippen molar-refractivity contribution in [3.05, 3.63) is 63.2 Å². The molecule has 6 heteroatoms. The molecule has 2 aromatic rings. The number of ether oxygens (including phenoxy) is 1. The number of nitro groups is 1. The van der Waals surface area contributed by atoms with Gasteiger partial charge < -0.3 is 10.1 Å². The zero-order valence-corrected chi connectivity index (χ0v) is 11.6. The molecule has 0 heterocycles. The van der Waals surface area contributed by atoms with Crippen molar-refractivity contribution in [1.29, 1.82) is 0 Å². The van der Waals surface area contributed by atoms with Crippen LogP contribution in [0.5, 0.6) is 5.75 Å². The minimum atomic E-state index is -0.397. The Labute approximate surface area is 121 Å². The molecule has 0 radical (unpaired) electrons. The normalized spacial score (nSPS) is 10.1. The van der Waals surface area contributed by atoms with Gasteiger partial charge in [-0.2, -0.15) is 0 Å². The number of halogens is 1. The summed E-state index contributed by atoms with van der Waals surface area (Å²) in [5.41, 5.74) is 1.37. The summed E-state index contributed by atoms with van der Waals surface area (Å²) in [7, 11) is 1.55. The fourth-order valence-corrected chi connectivity index (χ4v) is 2.02. The van der Waals surface area contributed by atoms with E-state index in [9.17, 15) is 10.1 Å². The van der Waals surface area contributed by atoms with E-state index in [0.29, 0.717) is 28.6 Å². The minimum Gasteiger partial charge on any atom is -0.495 e. The first-order valence-electron chi connectivity index (χ1n) is 5.91. The molecule has 5 nitrogen and oxygen atoms in total. The smallest absolute Gasteiger partial charge is 0.274 e. The number of nitro benzene ring substituents is 1. The Kier molecular flexibility index (Phi) is 4.42. The lowest BCUT2D eigenvalue weighted by molar-refractivity contribution is -0.385. The van der Waals surface area contributed by atoms with Gasteiger partial charge in [-0.25, -0.2) is 0 Å². The van der Waals surface area contributed by atoms with E-state index in [1.807, 2.05) is 0 Å². The molecule has 0 atom stereocenters. The monoisotopic (exact) mass is 292 g/mol. The zero-order valence-electron chi connectivity index (χ0n) is 10.8. The van der Waals surface area contributed by atoms with Gasteiger partial charge in [0.25, 0.3) is 5.69 Å². The summed E-state index contributed by atoms with van der Waals surface area (Å²) in [6.45, 7) is 0.313. The highest BCUT2D eigenvalue weighted by Gasteiger charge is 2.12. The number of methoxy groups -OCH3 is 1. The fraction of sp³-hybridized carbons (Fsp3) is 0.143. The Morgan fingerprint density at radius 1 is 1.30 bits per heavy atom. The average Bonchev–Trinajstić information content (AvgIpc) is 2.45. The molecule has 0 aliphatic heterocycles. The summed E-state index contributed by atoms with van der Waals surface area (Å²) in [6.07, 6.45) is 0. The van der Waals surface area contributed by atoms with Crippen LogP contribution in [-0.4, -0.2) is 12.0 Å². The summed E-state index contributed by atoms with van der Waals surface area (Å²) < 4.78 is 5.21. The molecule has 0 fully saturated rings. The lowest BCUT2D eigenvalue weighted by atomic mass is 10.1. The van der Waals surface area contributed by atoms with E-state index in [2.05, 4.69) is 5.32 Å². The predicted molar refractivity (Wildman–Crippen MR) is 78.4 cm³/mol. The first-order chi connectivity index (χ1) is 9.61. The maximum atomic E-state index is 10.9. The van der Waals surface area contributed by atoms with Gasteiger partial charge in [0.05, 0.1) is 17.7 Å². The summed E-state index contributed by atoms with van der Waals surface area (Å²) >= 11 is 5.93. The van der Waals surface area contributed by atoms with Crippen LogP contribution in [0.15, 0.2) is 42.5 Å². The quantitative estimate of drug-likeness (QED) is 0.671. The van der Waals surface area contributed by atoms with E-state index >= 15 is 0 Å². The molecule has 0 aliphatic rings. The third-order valence-corrected chi connectivity index (χ3v) is 3.05. The minimum absolute atomic E-state index is 0.0843. The maximum absolute atomic E-state index is 10.9. The molecule has 2 rings (SSSR count). The average molecular weight is 293 g/mol. The van der Waals surface area contributed by atoms with Crippen molar-refractivity contribution < 1.29 is 9.66 Å². The van der Waals surface area contributed by atoms with E-state index in [0.717, 1.165) is 0 Å². The zero-order chi connectivity index (χ0) is 14.5. The van der Waals surface area contributed by atoms with Crippen molar-refractivity contribution in [3.63, 3.8) is 0 Å². The van der Waals surface area contributed by atoms with Gasteiger partial charge in [-0.3, -0.25) is 10.1 Å². The molecule has 0 bridgehead atoms. The summed E-state index contributed by atoms with van der Waals surface area (Å²) in [5.74, 6) is 0.632. The van der Waals surface area contributed by atoms with Crippen LogP contribution in [-0.2, 0) is 6.54 Å². The number of hydrogen-bond acceptors (Lipinski definition) is 4. The van der Waals surface area contributed by atoms with Gasteiger partial charge in [0.15, 0.2) is 0 Å². The predicted octanol–water partition coefficient (Wildman–Crippen LogP) is 3.87. The van der Waals surface area contributed by atoms with Crippen molar-refractivity contribution in [2.24, 2.45) is 0 Å². The van der Waals surface area contributed by atoms with Crippen LogP contribution in [0.2, 0.25) is 5.02 Å². The van der Waals surface area contributed by atoms with Crippen LogP contribution in [0.1, 0.15) is 5.56 Å². The Bertz CT molecular complexity index is 632. The number of para-hydroxylation sites is 1. The van der Waals surface area contributed by atoms with E-state index in [4.69, 9.17) is 16.3 Å². The van der Waals surface area contributed by atoms with E-state index in [1.54, 1.807) is 43.5 Å². The molecule has 0 saturated heterocycles.